The van der Waals surface area contributed by atoms with Crippen LogP contribution in [0.3, 0.4) is 0 Å². The summed E-state index contributed by atoms with van der Waals surface area (Å²) in [4.78, 5) is 15.4. The number of carboxylic acids is 1. The van der Waals surface area contributed by atoms with Gasteiger partial charge in [-0.3, -0.25) is 14.6 Å². The van der Waals surface area contributed by atoms with Crippen LogP contribution in [0.4, 0.5) is 0 Å². The van der Waals surface area contributed by atoms with E-state index < -0.39 is 5.97 Å². The predicted octanol–water partition coefficient (Wildman–Crippen LogP) is 1.26. The average molecular weight is 228 g/mol. The topological polar surface area (TPSA) is 43.8 Å². The van der Waals surface area contributed by atoms with Gasteiger partial charge in [0.25, 0.3) is 0 Å². The van der Waals surface area contributed by atoms with E-state index in [0.29, 0.717) is 6.04 Å². The van der Waals surface area contributed by atoms with Crippen molar-refractivity contribution in [2.45, 2.75) is 51.7 Å². The lowest BCUT2D eigenvalue weighted by Crippen LogP contribution is -2.60. The van der Waals surface area contributed by atoms with Crippen LogP contribution in [0.25, 0.3) is 0 Å². The van der Waals surface area contributed by atoms with Crippen molar-refractivity contribution in [3.05, 3.63) is 0 Å². The third-order valence-electron chi connectivity index (χ3n) is 3.55. The fraction of sp³-hybridized carbons (Fsp3) is 0.917. The fourth-order valence-corrected chi connectivity index (χ4v) is 2.22. The third kappa shape index (κ3) is 3.19. The minimum atomic E-state index is -0.709. The van der Waals surface area contributed by atoms with Gasteiger partial charge in [-0.25, -0.2) is 0 Å². The Bertz CT molecular complexity index is 260. The van der Waals surface area contributed by atoms with Crippen LogP contribution in [0.1, 0.15) is 34.1 Å². The number of aliphatic carboxylic acids is 1. The van der Waals surface area contributed by atoms with Crippen LogP contribution >= 0.6 is 0 Å². The summed E-state index contributed by atoms with van der Waals surface area (Å²) in [6.07, 6.45) is 0.230. The van der Waals surface area contributed by atoms with Gasteiger partial charge in [0.1, 0.15) is 0 Å². The van der Waals surface area contributed by atoms with Gasteiger partial charge in [0.15, 0.2) is 0 Å². The molecule has 1 aliphatic rings. The van der Waals surface area contributed by atoms with Crippen molar-refractivity contribution >= 4 is 5.97 Å². The summed E-state index contributed by atoms with van der Waals surface area (Å²) in [7, 11) is 2.03. The molecule has 16 heavy (non-hydrogen) atoms. The zero-order chi connectivity index (χ0) is 12.5. The van der Waals surface area contributed by atoms with E-state index in [9.17, 15) is 4.79 Å². The monoisotopic (exact) mass is 228 g/mol. The van der Waals surface area contributed by atoms with E-state index in [1.807, 2.05) is 7.05 Å². The molecular formula is C12H24N2O2. The first-order valence-corrected chi connectivity index (χ1v) is 5.90. The van der Waals surface area contributed by atoms with Crippen LogP contribution in [0.5, 0.6) is 0 Å². The molecule has 0 radical (unpaired) electrons. The van der Waals surface area contributed by atoms with Crippen molar-refractivity contribution in [3.8, 4) is 0 Å². The molecule has 0 aromatic carbocycles. The normalized spacial score (nSPS) is 29.3. The molecule has 1 N–H and O–H groups in total. The summed E-state index contributed by atoms with van der Waals surface area (Å²) in [5.41, 5.74) is 0.117. The van der Waals surface area contributed by atoms with E-state index in [2.05, 4.69) is 37.5 Å². The molecule has 1 heterocycles. The fourth-order valence-electron chi connectivity index (χ4n) is 2.22. The summed E-state index contributed by atoms with van der Waals surface area (Å²) in [6.45, 7) is 10.6. The Kier molecular flexibility index (Phi) is 3.97. The maximum absolute atomic E-state index is 10.8. The SMILES string of the molecule is CC1CN(C(C)(C)C)CC(CC(=O)O)N1C. The van der Waals surface area contributed by atoms with Crippen molar-refractivity contribution in [2.75, 3.05) is 20.1 Å². The van der Waals surface area contributed by atoms with Crippen molar-refractivity contribution in [2.24, 2.45) is 0 Å². The molecule has 0 bridgehead atoms. The summed E-state index contributed by atoms with van der Waals surface area (Å²) in [5.74, 6) is -0.709. The van der Waals surface area contributed by atoms with E-state index in [1.165, 1.54) is 0 Å². The number of carbonyl (C=O) groups is 1. The Hall–Kier alpha value is -0.610. The molecule has 4 heteroatoms. The summed E-state index contributed by atoms with van der Waals surface area (Å²) < 4.78 is 0. The van der Waals surface area contributed by atoms with E-state index >= 15 is 0 Å². The molecule has 0 aromatic rings. The molecule has 1 aliphatic heterocycles. The van der Waals surface area contributed by atoms with Gasteiger partial charge in [0, 0.05) is 30.7 Å². The van der Waals surface area contributed by atoms with Crippen molar-refractivity contribution < 1.29 is 9.90 Å². The highest BCUT2D eigenvalue weighted by molar-refractivity contribution is 5.67. The molecule has 0 amide bonds. The summed E-state index contributed by atoms with van der Waals surface area (Å²) in [6, 6.07) is 0.540. The molecule has 4 nitrogen and oxygen atoms in total. The second-order valence-electron chi connectivity index (χ2n) is 5.84. The molecule has 0 spiro atoms. The molecule has 1 saturated heterocycles. The van der Waals surface area contributed by atoms with Gasteiger partial charge >= 0.3 is 5.97 Å². The maximum atomic E-state index is 10.8. The highest BCUT2D eigenvalue weighted by atomic mass is 16.4. The minimum Gasteiger partial charge on any atom is -0.481 e. The lowest BCUT2D eigenvalue weighted by atomic mass is 9.98. The summed E-state index contributed by atoms with van der Waals surface area (Å²) >= 11 is 0. The Morgan fingerprint density at radius 2 is 1.94 bits per heavy atom. The van der Waals surface area contributed by atoms with Gasteiger partial charge < -0.3 is 5.11 Å². The highest BCUT2D eigenvalue weighted by Crippen LogP contribution is 2.23. The molecule has 1 fully saturated rings. The second-order valence-corrected chi connectivity index (χ2v) is 5.84. The number of nitrogens with zero attached hydrogens (tertiary/aromatic N) is 2. The van der Waals surface area contributed by atoms with Crippen molar-refractivity contribution in [3.63, 3.8) is 0 Å². The lowest BCUT2D eigenvalue weighted by Gasteiger charge is -2.48. The first-order chi connectivity index (χ1) is 7.21. The van der Waals surface area contributed by atoms with Crippen LogP contribution < -0.4 is 0 Å². The zero-order valence-electron chi connectivity index (χ0n) is 11.0. The molecule has 1 rings (SSSR count). The van der Waals surface area contributed by atoms with E-state index in [0.717, 1.165) is 13.1 Å². The first-order valence-electron chi connectivity index (χ1n) is 5.90. The van der Waals surface area contributed by atoms with Gasteiger partial charge in [-0.2, -0.15) is 0 Å². The van der Waals surface area contributed by atoms with Gasteiger partial charge in [-0.1, -0.05) is 0 Å². The van der Waals surface area contributed by atoms with E-state index in [1.54, 1.807) is 0 Å². The standard InChI is InChI=1S/C12H24N2O2/c1-9-7-14(12(2,3)4)8-10(13(9)5)6-11(15)16/h9-10H,6-8H2,1-5H3,(H,15,16). The lowest BCUT2D eigenvalue weighted by molar-refractivity contribution is -0.139. The van der Waals surface area contributed by atoms with E-state index in [-0.39, 0.29) is 18.0 Å². The average Bonchev–Trinajstić information content (AvgIpc) is 2.10. The number of hydrogen-bond donors (Lipinski definition) is 1. The van der Waals surface area contributed by atoms with Crippen molar-refractivity contribution in [1.29, 1.82) is 0 Å². The Morgan fingerprint density at radius 3 is 2.38 bits per heavy atom. The van der Waals surface area contributed by atoms with Gasteiger partial charge in [-0.15, -0.1) is 0 Å². The maximum Gasteiger partial charge on any atom is 0.304 e. The van der Waals surface area contributed by atoms with Gasteiger partial charge in [0.05, 0.1) is 6.42 Å². The number of rotatable bonds is 2. The smallest absolute Gasteiger partial charge is 0.304 e. The number of carboxylic acid groups (broad SMARTS) is 1. The quantitative estimate of drug-likeness (QED) is 0.773. The minimum absolute atomic E-state index is 0.117. The molecule has 0 aromatic heterocycles. The predicted molar refractivity (Wildman–Crippen MR) is 64.6 cm³/mol. The van der Waals surface area contributed by atoms with E-state index in [4.69, 9.17) is 5.11 Å². The zero-order valence-corrected chi connectivity index (χ0v) is 11.0. The first kappa shape index (κ1) is 13.5. The Balaban J connectivity index is 2.73. The van der Waals surface area contributed by atoms with Gasteiger partial charge in [-0.05, 0) is 34.7 Å². The Morgan fingerprint density at radius 1 is 1.38 bits per heavy atom. The number of hydrogen-bond acceptors (Lipinski definition) is 3. The molecule has 0 saturated carbocycles. The Labute approximate surface area is 98.2 Å². The van der Waals surface area contributed by atoms with Crippen molar-refractivity contribution in [1.82, 2.24) is 9.80 Å². The number of likely N-dealkylation sites (N-methyl/N-ethyl adjacent to an activating group) is 1. The van der Waals surface area contributed by atoms with Crippen LogP contribution in [-0.4, -0.2) is 58.6 Å². The van der Waals surface area contributed by atoms with Crippen LogP contribution in [-0.2, 0) is 4.79 Å². The van der Waals surface area contributed by atoms with Gasteiger partial charge in [0.2, 0.25) is 0 Å². The van der Waals surface area contributed by atoms with Crippen LogP contribution in [0, 0.1) is 0 Å². The molecule has 2 atom stereocenters. The van der Waals surface area contributed by atoms with Crippen LogP contribution in [0.15, 0.2) is 0 Å². The molecular weight excluding hydrogens is 204 g/mol. The number of piperazine rings is 1. The van der Waals surface area contributed by atoms with Crippen LogP contribution in [0.2, 0.25) is 0 Å². The molecule has 2 unspecified atom stereocenters. The molecule has 0 aliphatic carbocycles. The largest absolute Gasteiger partial charge is 0.481 e. The third-order valence-corrected chi connectivity index (χ3v) is 3.55. The highest BCUT2D eigenvalue weighted by Gasteiger charge is 2.35. The second kappa shape index (κ2) is 4.72. The summed E-state index contributed by atoms with van der Waals surface area (Å²) in [5, 5.41) is 8.91. The molecule has 94 valence electrons.